The molecule has 0 spiro atoms. The first-order valence-corrected chi connectivity index (χ1v) is 26.7. The van der Waals surface area contributed by atoms with E-state index >= 15 is 0 Å². The van der Waals surface area contributed by atoms with E-state index in [9.17, 15) is 162 Å². The fraction of sp³-hybridized carbons (Fsp3) is 0.846. The maximum atomic E-state index is 13.3. The van der Waals surface area contributed by atoms with Crippen LogP contribution >= 0.6 is 0 Å². The zero-order valence-electron chi connectivity index (χ0n) is 48.8. The maximum absolute atomic E-state index is 13.3. The zero-order valence-corrected chi connectivity index (χ0v) is 48.8. The molecule has 1 aromatic carbocycles. The fourth-order valence-corrected chi connectivity index (χ4v) is 10.1. The predicted molar refractivity (Wildman–Crippen MR) is 253 cm³/mol. The van der Waals surface area contributed by atoms with E-state index in [0.717, 1.165) is 19.8 Å². The van der Waals surface area contributed by atoms with Crippen molar-refractivity contribution in [3.63, 3.8) is 0 Å². The van der Waals surface area contributed by atoms with Crippen molar-refractivity contribution in [3.8, 4) is 0 Å². The van der Waals surface area contributed by atoms with E-state index in [1.807, 2.05) is 20.8 Å². The van der Waals surface area contributed by atoms with Crippen molar-refractivity contribution in [1.29, 1.82) is 0 Å². The molecule has 2 bridgehead atoms. The lowest BCUT2D eigenvalue weighted by molar-refractivity contribution is -0.405. The summed E-state index contributed by atoms with van der Waals surface area (Å²) in [4.78, 5) is 23.1. The van der Waals surface area contributed by atoms with Gasteiger partial charge in [-0.05, 0) is 127 Å². The van der Waals surface area contributed by atoms with Gasteiger partial charge in [-0.2, -0.15) is 132 Å². The zero-order chi connectivity index (χ0) is 72.7. The van der Waals surface area contributed by atoms with Crippen LogP contribution in [0.5, 0.6) is 0 Å². The number of carbonyl (C=O) groups excluding carboxylic acids is 2. The number of carbonyl (C=O) groups is 2. The van der Waals surface area contributed by atoms with Crippen molar-refractivity contribution in [2.45, 2.75) is 228 Å². The molecule has 1 aromatic rings. The molecule has 3 aliphatic rings. The molecule has 3 aliphatic carbocycles. The molecule has 0 heterocycles. The van der Waals surface area contributed by atoms with Crippen LogP contribution < -0.4 is 0 Å². The van der Waals surface area contributed by atoms with Gasteiger partial charge >= 0.3 is 73.7 Å². The van der Waals surface area contributed by atoms with Crippen molar-refractivity contribution in [1.82, 2.24) is 0 Å². The van der Waals surface area contributed by atoms with Gasteiger partial charge in [0.25, 0.3) is 28.0 Å². The number of hydrogen-bond donors (Lipinski definition) is 5. The number of esters is 2. The normalized spacial score (nSPS) is 22.0. The Kier molecular flexibility index (Phi) is 25.7. The molecule has 91 heavy (non-hydrogen) atoms. The molecule has 3 saturated carbocycles. The summed E-state index contributed by atoms with van der Waals surface area (Å²) < 4.78 is 402. The van der Waals surface area contributed by atoms with Gasteiger partial charge in [-0.25, -0.2) is 0 Å². The van der Waals surface area contributed by atoms with Crippen LogP contribution in [0.3, 0.4) is 0 Å². The second-order valence-corrected chi connectivity index (χ2v) is 23.7. The second kappa shape index (κ2) is 27.5. The van der Waals surface area contributed by atoms with Crippen LogP contribution in [0.25, 0.3) is 0 Å². The van der Waals surface area contributed by atoms with Gasteiger partial charge in [0.05, 0.1) is 17.9 Å². The van der Waals surface area contributed by atoms with E-state index < -0.39 is 179 Å². The summed E-state index contributed by atoms with van der Waals surface area (Å²) in [6.07, 6.45) is -69.5. The third-order valence-corrected chi connectivity index (χ3v) is 16.9. The van der Waals surface area contributed by atoms with Crippen LogP contribution in [0.4, 0.5) is 132 Å². The molecule has 0 aromatic heterocycles. The number of rotatable bonds is 13. The van der Waals surface area contributed by atoms with Gasteiger partial charge in [0, 0.05) is 23.0 Å². The van der Waals surface area contributed by atoms with Gasteiger partial charge < -0.3 is 35.0 Å². The number of halogens is 30. The van der Waals surface area contributed by atoms with Gasteiger partial charge in [-0.1, -0.05) is 46.2 Å². The summed E-state index contributed by atoms with van der Waals surface area (Å²) in [5.41, 5.74) is -34.9. The van der Waals surface area contributed by atoms with E-state index in [2.05, 4.69) is 4.74 Å². The molecular formula is C52H64F30O9. The number of ether oxygens (including phenoxy) is 2. The monoisotopic (exact) mass is 1400 g/mol. The summed E-state index contributed by atoms with van der Waals surface area (Å²) >= 11 is 0. The van der Waals surface area contributed by atoms with E-state index in [0.29, 0.717) is 19.3 Å². The van der Waals surface area contributed by atoms with Gasteiger partial charge in [-0.15, -0.1) is 0 Å². The molecule has 6 atom stereocenters. The number of fused-ring (bicyclic) bond motifs is 2. The topological polar surface area (TPSA) is 154 Å². The quantitative estimate of drug-likeness (QED) is 0.0959. The molecule has 4 rings (SSSR count). The first kappa shape index (κ1) is 84.9. The minimum Gasteiger partial charge on any atom is -0.469 e. The van der Waals surface area contributed by atoms with Crippen molar-refractivity contribution in [2.24, 2.45) is 40.4 Å². The highest BCUT2D eigenvalue weighted by molar-refractivity contribution is 5.76. The summed E-state index contributed by atoms with van der Waals surface area (Å²) in [6.45, 7) is 11.9. The molecule has 6 unspecified atom stereocenters. The summed E-state index contributed by atoms with van der Waals surface area (Å²) in [5, 5.41) is 47.2. The maximum Gasteiger partial charge on any atom is 0.430 e. The van der Waals surface area contributed by atoms with Crippen molar-refractivity contribution < 1.29 is 176 Å². The Labute approximate surface area is 498 Å². The van der Waals surface area contributed by atoms with E-state index in [1.54, 1.807) is 0 Å². The van der Waals surface area contributed by atoms with E-state index in [1.165, 1.54) is 34.8 Å². The van der Waals surface area contributed by atoms with Crippen LogP contribution in [0.1, 0.15) is 149 Å². The predicted octanol–water partition coefficient (Wildman–Crippen LogP) is 16.6. The van der Waals surface area contributed by atoms with Crippen LogP contribution in [0.15, 0.2) is 18.2 Å². The van der Waals surface area contributed by atoms with Gasteiger partial charge in [0.2, 0.25) is 0 Å². The Morgan fingerprint density at radius 2 is 0.791 bits per heavy atom. The Hall–Kier alpha value is -4.14. The first-order chi connectivity index (χ1) is 39.9. The molecule has 9 nitrogen and oxygen atoms in total. The summed E-state index contributed by atoms with van der Waals surface area (Å²) in [5.74, 6) is -9.83. The Balaban J connectivity index is 0.000000658. The third kappa shape index (κ3) is 17.5. The largest absolute Gasteiger partial charge is 0.469 e. The highest BCUT2D eigenvalue weighted by Crippen LogP contribution is 2.60. The number of aliphatic hydroxyl groups is 5. The summed E-state index contributed by atoms with van der Waals surface area (Å²) in [6, 6.07) is -0.786. The van der Waals surface area contributed by atoms with Crippen LogP contribution in [-0.4, -0.2) is 129 Å². The Bertz CT molecular complexity index is 2380. The first-order valence-electron chi connectivity index (χ1n) is 26.7. The average Bonchev–Trinajstić information content (AvgIpc) is 1.17. The lowest BCUT2D eigenvalue weighted by Gasteiger charge is -2.48. The Morgan fingerprint density at radius 3 is 1.02 bits per heavy atom. The smallest absolute Gasteiger partial charge is 0.430 e. The minimum absolute atomic E-state index is 0.00577. The molecule has 0 saturated heterocycles. The average molecular weight is 1400 g/mol. The fourth-order valence-electron chi connectivity index (χ4n) is 10.1. The SMILES string of the molecule is CCC(C)(C)C(=O)OC.CCC(C)(C)C(=O)OC1CC(C(O)(C(F)(F)F)C(F)(F)F)CC(C(O)(C(F)(F)F)C(F)(F)F)C1.CCC(C)c1cc(C(O)(C(F)(F)F)C(F)(F)F)cc(C(O)(C(F)(F)F)C(F)(F)F)c1.OC(CC1CC2CCC1C2)(C(F)(F)F)C(F)(F)F. The van der Waals surface area contributed by atoms with Gasteiger partial charge in [0.15, 0.2) is 0 Å². The molecular weight excluding hydrogens is 1340 g/mol. The van der Waals surface area contributed by atoms with E-state index in [4.69, 9.17) is 9.84 Å². The molecule has 0 aliphatic heterocycles. The van der Waals surface area contributed by atoms with Gasteiger partial charge in [-0.3, -0.25) is 9.59 Å². The molecule has 536 valence electrons. The van der Waals surface area contributed by atoms with Gasteiger partial charge in [0.1, 0.15) is 6.10 Å². The highest BCUT2D eigenvalue weighted by Gasteiger charge is 2.79. The van der Waals surface area contributed by atoms with Crippen molar-refractivity contribution in [2.75, 3.05) is 7.11 Å². The third-order valence-electron chi connectivity index (χ3n) is 16.9. The lowest BCUT2D eigenvalue weighted by atomic mass is 9.65. The second-order valence-electron chi connectivity index (χ2n) is 23.7. The molecule has 39 heteroatoms. The molecule has 0 radical (unpaired) electrons. The highest BCUT2D eigenvalue weighted by atomic mass is 19.5. The number of hydrogen-bond acceptors (Lipinski definition) is 9. The van der Waals surface area contributed by atoms with Crippen LogP contribution in [0.2, 0.25) is 0 Å². The standard InChI is InChI=1S/C18H22F12O4.C16H14F12O2.C11H14F6O.C7H14O2/c1-4-12(2,3)11(31)34-10-6-8(13(32,15(19,20)21)16(22,23)24)5-9(7-10)14(33,17(25,26)27)18(28,29)30;1-3-7(2)8-4-9(11(29,13(17,18)19)14(20,21)22)6-10(5-8)12(30,15(23,24)25)16(26,27)28;12-10(13,14)9(18,11(15,16)17)5-8-4-6-1-2-7(8)3-6;1-5-7(2,3)6(8)9-4/h8-10,32-33H,4-7H2,1-3H3;4-7,29-30H,3H2,1-2H3;6-8,18H,1-5H2;5H2,1-4H3. The molecule has 0 amide bonds. The van der Waals surface area contributed by atoms with E-state index in [-0.39, 0.29) is 48.2 Å². The summed E-state index contributed by atoms with van der Waals surface area (Å²) in [7, 11) is 1.42. The number of alkyl halides is 30. The lowest BCUT2D eigenvalue weighted by Crippen LogP contribution is -2.67. The van der Waals surface area contributed by atoms with Crippen LogP contribution in [-0.2, 0) is 30.3 Å². The van der Waals surface area contributed by atoms with Crippen molar-refractivity contribution in [3.05, 3.63) is 34.9 Å². The number of methoxy groups -OCH3 is 1. The minimum atomic E-state index is -6.58. The molecule has 5 N–H and O–H groups in total. The number of benzene rings is 1. The molecule has 3 fully saturated rings. The van der Waals surface area contributed by atoms with Crippen molar-refractivity contribution >= 4 is 11.9 Å². The van der Waals surface area contributed by atoms with Crippen LogP contribution in [0, 0.1) is 40.4 Å². The Morgan fingerprint density at radius 1 is 0.462 bits per heavy atom.